The summed E-state index contributed by atoms with van der Waals surface area (Å²) in [6.45, 7) is 1.86. The summed E-state index contributed by atoms with van der Waals surface area (Å²) in [6.07, 6.45) is 2.87. The Bertz CT molecular complexity index is 968. The minimum absolute atomic E-state index is 0.121. The smallest absolute Gasteiger partial charge is 0.330 e. The van der Waals surface area contributed by atoms with Crippen LogP contribution in [0.15, 0.2) is 64.0 Å². The largest absolute Gasteiger partial charge is 0.490 e. The molecule has 7 nitrogen and oxygen atoms in total. The highest BCUT2D eigenvalue weighted by molar-refractivity contribution is 9.10. The molecule has 1 aliphatic heterocycles. The van der Waals surface area contributed by atoms with E-state index < -0.39 is 16.0 Å². The highest BCUT2D eigenvalue weighted by Gasteiger charge is 2.25. The molecule has 0 aliphatic carbocycles. The van der Waals surface area contributed by atoms with Crippen molar-refractivity contribution >= 4 is 38.0 Å². The van der Waals surface area contributed by atoms with Crippen molar-refractivity contribution in [3.8, 4) is 5.75 Å². The van der Waals surface area contributed by atoms with E-state index in [2.05, 4.69) is 15.9 Å². The van der Waals surface area contributed by atoms with E-state index in [1.807, 2.05) is 24.3 Å². The minimum atomic E-state index is -3.53. The third-order valence-electron chi connectivity index (χ3n) is 4.31. The summed E-state index contributed by atoms with van der Waals surface area (Å²) in [6, 6.07) is 13.7. The number of hydrogen-bond donors (Lipinski definition) is 0. The fourth-order valence-corrected chi connectivity index (χ4v) is 4.40. The van der Waals surface area contributed by atoms with Crippen LogP contribution in [0.4, 0.5) is 0 Å². The van der Waals surface area contributed by atoms with Crippen LogP contribution in [0, 0.1) is 0 Å². The number of hydrogen-bond acceptors (Lipinski definition) is 6. The Morgan fingerprint density at radius 2 is 1.70 bits per heavy atom. The summed E-state index contributed by atoms with van der Waals surface area (Å²) in [5, 5.41) is 0. The number of morpholine rings is 1. The summed E-state index contributed by atoms with van der Waals surface area (Å²) < 4.78 is 43.3. The number of benzene rings is 2. The number of halogens is 1. The predicted molar refractivity (Wildman–Crippen MR) is 116 cm³/mol. The van der Waals surface area contributed by atoms with Gasteiger partial charge in [0.2, 0.25) is 10.0 Å². The first-order valence-electron chi connectivity index (χ1n) is 9.36. The van der Waals surface area contributed by atoms with Gasteiger partial charge in [0.05, 0.1) is 18.1 Å². The van der Waals surface area contributed by atoms with Crippen LogP contribution < -0.4 is 4.74 Å². The van der Waals surface area contributed by atoms with Gasteiger partial charge in [-0.05, 0) is 48.0 Å². The van der Waals surface area contributed by atoms with E-state index in [4.69, 9.17) is 14.2 Å². The Balaban J connectivity index is 1.46. The lowest BCUT2D eigenvalue weighted by atomic mass is 10.2. The lowest BCUT2D eigenvalue weighted by Gasteiger charge is -2.26. The van der Waals surface area contributed by atoms with E-state index in [1.165, 1.54) is 22.5 Å². The molecule has 1 heterocycles. The molecule has 3 rings (SSSR count). The van der Waals surface area contributed by atoms with E-state index in [1.54, 1.807) is 18.2 Å². The van der Waals surface area contributed by atoms with Gasteiger partial charge in [0.25, 0.3) is 0 Å². The summed E-state index contributed by atoms with van der Waals surface area (Å²) in [7, 11) is -3.53. The van der Waals surface area contributed by atoms with Crippen molar-refractivity contribution in [2.75, 3.05) is 39.5 Å². The van der Waals surface area contributed by atoms with Crippen molar-refractivity contribution < 1.29 is 27.4 Å². The van der Waals surface area contributed by atoms with E-state index in [9.17, 15) is 13.2 Å². The van der Waals surface area contributed by atoms with Gasteiger partial charge in [-0.15, -0.1) is 0 Å². The fourth-order valence-electron chi connectivity index (χ4n) is 2.73. The van der Waals surface area contributed by atoms with E-state index in [0.29, 0.717) is 37.6 Å². The van der Waals surface area contributed by atoms with Crippen molar-refractivity contribution in [1.82, 2.24) is 4.31 Å². The van der Waals surface area contributed by atoms with Gasteiger partial charge in [0, 0.05) is 23.6 Å². The average molecular weight is 496 g/mol. The van der Waals surface area contributed by atoms with Gasteiger partial charge < -0.3 is 14.2 Å². The average Bonchev–Trinajstić information content (AvgIpc) is 2.77. The number of esters is 1. The summed E-state index contributed by atoms with van der Waals surface area (Å²) in [4.78, 5) is 12.0. The lowest BCUT2D eigenvalue weighted by molar-refractivity contribution is -0.138. The van der Waals surface area contributed by atoms with Crippen LogP contribution in [0.3, 0.4) is 0 Å². The maximum atomic E-state index is 12.6. The minimum Gasteiger partial charge on any atom is -0.490 e. The molecule has 0 radical (unpaired) electrons. The third kappa shape index (κ3) is 6.40. The molecule has 0 saturated carbocycles. The van der Waals surface area contributed by atoms with Crippen LogP contribution in [-0.4, -0.2) is 58.2 Å². The molecule has 0 spiro atoms. The Morgan fingerprint density at radius 3 is 2.37 bits per heavy atom. The Labute approximate surface area is 184 Å². The molecule has 30 heavy (non-hydrogen) atoms. The number of rotatable bonds is 8. The molecule has 2 aromatic rings. The first-order chi connectivity index (χ1) is 14.4. The SMILES string of the molecule is O=C(C=Cc1ccc(S(=O)(=O)N2CCOCC2)cc1)OCCOc1ccc(Br)cc1. The Morgan fingerprint density at radius 1 is 1.03 bits per heavy atom. The van der Waals surface area contributed by atoms with Crippen LogP contribution in [0.25, 0.3) is 6.08 Å². The molecule has 0 aromatic heterocycles. The third-order valence-corrected chi connectivity index (χ3v) is 6.75. The van der Waals surface area contributed by atoms with Gasteiger partial charge in [-0.2, -0.15) is 4.31 Å². The van der Waals surface area contributed by atoms with Gasteiger partial charge in [-0.1, -0.05) is 28.1 Å². The molecular weight excluding hydrogens is 474 g/mol. The van der Waals surface area contributed by atoms with Crippen LogP contribution in [-0.2, 0) is 24.3 Å². The normalized spacial score (nSPS) is 15.2. The molecule has 2 aromatic carbocycles. The van der Waals surface area contributed by atoms with Crippen molar-refractivity contribution in [3.63, 3.8) is 0 Å². The monoisotopic (exact) mass is 495 g/mol. The van der Waals surface area contributed by atoms with Gasteiger partial charge in [-0.25, -0.2) is 13.2 Å². The number of nitrogens with zero attached hydrogens (tertiary/aromatic N) is 1. The molecular formula is C21H22BrNO6S. The van der Waals surface area contributed by atoms with Crippen LogP contribution in [0.2, 0.25) is 0 Å². The Kier molecular flexibility index (Phi) is 8.03. The van der Waals surface area contributed by atoms with Crippen LogP contribution in [0.5, 0.6) is 5.75 Å². The highest BCUT2D eigenvalue weighted by Crippen LogP contribution is 2.18. The van der Waals surface area contributed by atoms with Gasteiger partial charge in [0.15, 0.2) is 0 Å². The topological polar surface area (TPSA) is 82.1 Å². The van der Waals surface area contributed by atoms with Crippen LogP contribution in [0.1, 0.15) is 5.56 Å². The molecule has 0 atom stereocenters. The first-order valence-corrected chi connectivity index (χ1v) is 11.6. The van der Waals surface area contributed by atoms with Crippen molar-refractivity contribution in [2.24, 2.45) is 0 Å². The molecule has 0 bridgehead atoms. The molecule has 0 amide bonds. The highest BCUT2D eigenvalue weighted by atomic mass is 79.9. The molecule has 9 heteroatoms. The van der Waals surface area contributed by atoms with Crippen molar-refractivity contribution in [1.29, 1.82) is 0 Å². The second-order valence-corrected chi connectivity index (χ2v) is 9.24. The number of sulfonamides is 1. The molecule has 1 saturated heterocycles. The number of ether oxygens (including phenoxy) is 3. The molecule has 160 valence electrons. The number of carbonyl (C=O) groups is 1. The second kappa shape index (κ2) is 10.7. The predicted octanol–water partition coefficient (Wildman–Crippen LogP) is 3.11. The van der Waals surface area contributed by atoms with E-state index >= 15 is 0 Å². The van der Waals surface area contributed by atoms with Gasteiger partial charge in [-0.3, -0.25) is 0 Å². The van der Waals surface area contributed by atoms with Gasteiger partial charge >= 0.3 is 5.97 Å². The molecule has 1 aliphatic rings. The Hall–Kier alpha value is -2.20. The second-order valence-electron chi connectivity index (χ2n) is 6.39. The van der Waals surface area contributed by atoms with Crippen molar-refractivity contribution in [2.45, 2.75) is 4.90 Å². The maximum Gasteiger partial charge on any atom is 0.330 e. The standard InChI is InChI=1S/C21H22BrNO6S/c22-18-4-6-19(7-5-18)28-15-16-29-21(24)10-3-17-1-8-20(9-2-17)30(25,26)23-11-13-27-14-12-23/h1-10H,11-16H2. The zero-order chi connectivity index (χ0) is 21.4. The van der Waals surface area contributed by atoms with Gasteiger partial charge in [0.1, 0.15) is 19.0 Å². The first kappa shape index (κ1) is 22.5. The van der Waals surface area contributed by atoms with Crippen LogP contribution >= 0.6 is 15.9 Å². The summed E-state index contributed by atoms with van der Waals surface area (Å²) >= 11 is 3.35. The lowest BCUT2D eigenvalue weighted by Crippen LogP contribution is -2.40. The summed E-state index contributed by atoms with van der Waals surface area (Å²) in [5.41, 5.74) is 0.694. The van der Waals surface area contributed by atoms with E-state index in [0.717, 1.165) is 4.47 Å². The van der Waals surface area contributed by atoms with E-state index in [-0.39, 0.29) is 18.1 Å². The summed E-state index contributed by atoms with van der Waals surface area (Å²) in [5.74, 6) is 0.191. The quantitative estimate of drug-likeness (QED) is 0.318. The zero-order valence-corrected chi connectivity index (χ0v) is 18.6. The van der Waals surface area contributed by atoms with Crippen molar-refractivity contribution in [3.05, 3.63) is 64.6 Å². The molecule has 0 unspecified atom stereocenters. The fraction of sp³-hybridized carbons (Fsp3) is 0.286. The maximum absolute atomic E-state index is 12.6. The molecule has 1 fully saturated rings. The zero-order valence-electron chi connectivity index (χ0n) is 16.2. The molecule has 0 N–H and O–H groups in total. The number of carbonyl (C=O) groups excluding carboxylic acids is 1.